The van der Waals surface area contributed by atoms with Crippen molar-refractivity contribution in [1.29, 1.82) is 0 Å². The smallest absolute Gasteiger partial charge is 0.222 e. The van der Waals surface area contributed by atoms with Crippen molar-refractivity contribution in [3.8, 4) is 5.75 Å². The highest BCUT2D eigenvalue weighted by molar-refractivity contribution is 5.77. The van der Waals surface area contributed by atoms with Crippen molar-refractivity contribution in [3.63, 3.8) is 0 Å². The molecule has 0 spiro atoms. The minimum Gasteiger partial charge on any atom is -0.497 e. The van der Waals surface area contributed by atoms with Gasteiger partial charge in [-0.25, -0.2) is 0 Å². The quantitative estimate of drug-likeness (QED) is 0.850. The van der Waals surface area contributed by atoms with Crippen LogP contribution in [0.25, 0.3) is 0 Å². The summed E-state index contributed by atoms with van der Waals surface area (Å²) in [6.45, 7) is 4.39. The van der Waals surface area contributed by atoms with E-state index in [1.807, 2.05) is 12.1 Å². The Balaban J connectivity index is 2.00. The lowest BCUT2D eigenvalue weighted by molar-refractivity contribution is -0.122. The summed E-state index contributed by atoms with van der Waals surface area (Å²) in [5, 5.41) is 0. The summed E-state index contributed by atoms with van der Waals surface area (Å²) >= 11 is 0. The predicted octanol–water partition coefficient (Wildman–Crippen LogP) is 0.643. The van der Waals surface area contributed by atoms with Crippen molar-refractivity contribution in [1.82, 2.24) is 9.88 Å². The fraction of sp³-hybridized carbons (Fsp3) is 0.538. The Kier molecular flexibility index (Phi) is 3.81. The number of pyridine rings is 1. The molecule has 2 atom stereocenters. The fourth-order valence-electron chi connectivity index (χ4n) is 2.47. The predicted molar refractivity (Wildman–Crippen MR) is 67.9 cm³/mol. The Morgan fingerprint density at radius 2 is 2.39 bits per heavy atom. The van der Waals surface area contributed by atoms with Crippen molar-refractivity contribution in [2.24, 2.45) is 17.6 Å². The number of carbonyl (C=O) groups excluding carboxylic acids is 1. The van der Waals surface area contributed by atoms with E-state index in [2.05, 4.69) is 16.8 Å². The number of carbonyl (C=O) groups is 1. The van der Waals surface area contributed by atoms with Crippen LogP contribution in [0.5, 0.6) is 5.75 Å². The van der Waals surface area contributed by atoms with E-state index in [-0.39, 0.29) is 11.8 Å². The molecule has 5 nitrogen and oxygen atoms in total. The molecule has 0 bridgehead atoms. The van der Waals surface area contributed by atoms with Crippen LogP contribution in [0.3, 0.4) is 0 Å². The summed E-state index contributed by atoms with van der Waals surface area (Å²) in [7, 11) is 1.64. The number of aromatic nitrogens is 1. The Labute approximate surface area is 107 Å². The van der Waals surface area contributed by atoms with E-state index < -0.39 is 0 Å². The molecule has 0 aliphatic carbocycles. The summed E-state index contributed by atoms with van der Waals surface area (Å²) in [6.07, 6.45) is 1.74. The Morgan fingerprint density at radius 1 is 1.61 bits per heavy atom. The fourth-order valence-corrected chi connectivity index (χ4v) is 2.47. The van der Waals surface area contributed by atoms with E-state index in [1.54, 1.807) is 13.3 Å². The second kappa shape index (κ2) is 5.35. The molecule has 2 heterocycles. The van der Waals surface area contributed by atoms with Crippen LogP contribution in [0.15, 0.2) is 18.3 Å². The number of nitrogens with zero attached hydrogens (tertiary/aromatic N) is 2. The van der Waals surface area contributed by atoms with Gasteiger partial charge in [-0.2, -0.15) is 0 Å². The van der Waals surface area contributed by atoms with E-state index in [1.165, 1.54) is 0 Å². The molecule has 1 aliphatic rings. The van der Waals surface area contributed by atoms with Crippen LogP contribution in [0.4, 0.5) is 0 Å². The van der Waals surface area contributed by atoms with Gasteiger partial charge in [-0.1, -0.05) is 6.92 Å². The van der Waals surface area contributed by atoms with Crippen LogP contribution in [-0.4, -0.2) is 36.0 Å². The molecule has 1 aromatic heterocycles. The van der Waals surface area contributed by atoms with Crippen molar-refractivity contribution in [2.75, 3.05) is 20.2 Å². The molecule has 2 rings (SSSR count). The number of amides is 1. The first-order valence-corrected chi connectivity index (χ1v) is 6.10. The zero-order chi connectivity index (χ0) is 13.1. The van der Waals surface area contributed by atoms with Gasteiger partial charge in [0, 0.05) is 31.9 Å². The van der Waals surface area contributed by atoms with Crippen LogP contribution in [0, 0.1) is 11.8 Å². The SMILES string of the molecule is COc1ccnc(CN2C[C@@H](C)[C@H](C(N)=O)C2)c1. The Hall–Kier alpha value is -1.62. The van der Waals surface area contributed by atoms with Gasteiger partial charge in [-0.15, -0.1) is 0 Å². The van der Waals surface area contributed by atoms with Crippen molar-refractivity contribution in [3.05, 3.63) is 24.0 Å². The van der Waals surface area contributed by atoms with E-state index in [0.29, 0.717) is 5.92 Å². The first kappa shape index (κ1) is 12.8. The van der Waals surface area contributed by atoms with Gasteiger partial charge in [0.15, 0.2) is 0 Å². The number of primary amides is 1. The molecular formula is C13H19N3O2. The van der Waals surface area contributed by atoms with Gasteiger partial charge >= 0.3 is 0 Å². The van der Waals surface area contributed by atoms with Crippen LogP contribution in [0.2, 0.25) is 0 Å². The maximum Gasteiger partial charge on any atom is 0.222 e. The van der Waals surface area contributed by atoms with E-state index in [9.17, 15) is 4.79 Å². The summed E-state index contributed by atoms with van der Waals surface area (Å²) in [6, 6.07) is 3.74. The highest BCUT2D eigenvalue weighted by Crippen LogP contribution is 2.24. The average molecular weight is 249 g/mol. The Morgan fingerprint density at radius 3 is 3.00 bits per heavy atom. The number of ether oxygens (including phenoxy) is 1. The van der Waals surface area contributed by atoms with E-state index in [0.717, 1.165) is 31.1 Å². The molecule has 18 heavy (non-hydrogen) atoms. The topological polar surface area (TPSA) is 68.4 Å². The lowest BCUT2D eigenvalue weighted by Crippen LogP contribution is -2.29. The van der Waals surface area contributed by atoms with Crippen LogP contribution in [-0.2, 0) is 11.3 Å². The maximum absolute atomic E-state index is 11.3. The molecule has 1 aliphatic heterocycles. The highest BCUT2D eigenvalue weighted by atomic mass is 16.5. The molecular weight excluding hydrogens is 230 g/mol. The number of rotatable bonds is 4. The number of hydrogen-bond acceptors (Lipinski definition) is 4. The van der Waals surface area contributed by atoms with Gasteiger partial charge in [0.1, 0.15) is 5.75 Å². The normalized spacial score (nSPS) is 24.1. The average Bonchev–Trinajstić information content (AvgIpc) is 2.70. The standard InChI is InChI=1S/C13H19N3O2/c1-9-6-16(8-12(9)13(14)17)7-10-5-11(18-2)3-4-15-10/h3-5,9,12H,6-8H2,1-2H3,(H2,14,17)/t9-,12-/m1/s1. The van der Waals surface area contributed by atoms with Crippen molar-refractivity contribution >= 4 is 5.91 Å². The number of methoxy groups -OCH3 is 1. The highest BCUT2D eigenvalue weighted by Gasteiger charge is 2.33. The lowest BCUT2D eigenvalue weighted by atomic mass is 9.98. The van der Waals surface area contributed by atoms with Gasteiger partial charge in [0.25, 0.3) is 0 Å². The van der Waals surface area contributed by atoms with Crippen molar-refractivity contribution < 1.29 is 9.53 Å². The summed E-state index contributed by atoms with van der Waals surface area (Å²) in [4.78, 5) is 17.8. The van der Waals surface area contributed by atoms with E-state index in [4.69, 9.17) is 10.5 Å². The van der Waals surface area contributed by atoms with Gasteiger partial charge < -0.3 is 10.5 Å². The summed E-state index contributed by atoms with van der Waals surface area (Å²) in [5.74, 6) is 0.867. The zero-order valence-electron chi connectivity index (χ0n) is 10.8. The summed E-state index contributed by atoms with van der Waals surface area (Å²) in [5.41, 5.74) is 6.34. The largest absolute Gasteiger partial charge is 0.497 e. The monoisotopic (exact) mass is 249 g/mol. The van der Waals surface area contributed by atoms with Gasteiger partial charge in [0.05, 0.1) is 18.7 Å². The van der Waals surface area contributed by atoms with E-state index >= 15 is 0 Å². The molecule has 0 unspecified atom stereocenters. The third kappa shape index (κ3) is 2.79. The van der Waals surface area contributed by atoms with Gasteiger partial charge in [-0.3, -0.25) is 14.7 Å². The molecule has 5 heteroatoms. The lowest BCUT2D eigenvalue weighted by Gasteiger charge is -2.14. The number of nitrogens with two attached hydrogens (primary N) is 1. The van der Waals surface area contributed by atoms with Crippen molar-refractivity contribution in [2.45, 2.75) is 13.5 Å². The zero-order valence-corrected chi connectivity index (χ0v) is 10.8. The minimum absolute atomic E-state index is 0.0457. The molecule has 2 N–H and O–H groups in total. The molecule has 0 radical (unpaired) electrons. The molecule has 0 aromatic carbocycles. The molecule has 1 saturated heterocycles. The minimum atomic E-state index is -0.205. The second-order valence-electron chi connectivity index (χ2n) is 4.87. The maximum atomic E-state index is 11.3. The van der Waals surface area contributed by atoms with Crippen LogP contribution < -0.4 is 10.5 Å². The number of hydrogen-bond donors (Lipinski definition) is 1. The van der Waals surface area contributed by atoms with Crippen LogP contribution in [0.1, 0.15) is 12.6 Å². The van der Waals surface area contributed by atoms with Gasteiger partial charge in [0.2, 0.25) is 5.91 Å². The third-order valence-electron chi connectivity index (χ3n) is 3.46. The third-order valence-corrected chi connectivity index (χ3v) is 3.46. The Bertz CT molecular complexity index is 436. The molecule has 1 amide bonds. The van der Waals surface area contributed by atoms with Gasteiger partial charge in [-0.05, 0) is 12.0 Å². The number of likely N-dealkylation sites (tertiary alicyclic amines) is 1. The molecule has 1 fully saturated rings. The first-order valence-electron chi connectivity index (χ1n) is 6.10. The second-order valence-corrected chi connectivity index (χ2v) is 4.87. The molecule has 1 aromatic rings. The molecule has 98 valence electrons. The summed E-state index contributed by atoms with van der Waals surface area (Å²) < 4.78 is 5.17. The van der Waals surface area contributed by atoms with Crippen LogP contribution >= 0.6 is 0 Å². The molecule has 0 saturated carbocycles. The first-order chi connectivity index (χ1) is 8.60.